The number of thiophene rings is 1. The summed E-state index contributed by atoms with van der Waals surface area (Å²) < 4.78 is 30.6. The normalized spacial score (nSPS) is 16.1. The van der Waals surface area contributed by atoms with Crippen molar-refractivity contribution in [2.24, 2.45) is 5.92 Å². The van der Waals surface area contributed by atoms with Crippen LogP contribution in [0, 0.1) is 12.8 Å². The minimum Gasteiger partial charge on any atom is -0.379 e. The van der Waals surface area contributed by atoms with Gasteiger partial charge in [0.1, 0.15) is 21.3 Å². The van der Waals surface area contributed by atoms with Gasteiger partial charge in [0, 0.05) is 10.4 Å². The van der Waals surface area contributed by atoms with Crippen LogP contribution in [-0.2, 0) is 23.0 Å². The molecule has 2 heterocycles. The third-order valence-corrected chi connectivity index (χ3v) is 8.20. The Morgan fingerprint density at radius 2 is 1.94 bits per heavy atom. The molecule has 1 aliphatic carbocycles. The first-order valence-electron chi connectivity index (χ1n) is 10.5. The van der Waals surface area contributed by atoms with Gasteiger partial charge in [-0.15, -0.1) is 11.3 Å². The largest absolute Gasteiger partial charge is 0.379 e. The summed E-state index contributed by atoms with van der Waals surface area (Å²) in [4.78, 5) is 22.5. The Balaban J connectivity index is 1.50. The Labute approximate surface area is 190 Å². The van der Waals surface area contributed by atoms with Gasteiger partial charge in [-0.1, -0.05) is 36.8 Å². The van der Waals surface area contributed by atoms with Gasteiger partial charge in [-0.25, -0.2) is 4.98 Å². The van der Waals surface area contributed by atoms with Crippen LogP contribution in [0.3, 0.4) is 0 Å². The summed E-state index contributed by atoms with van der Waals surface area (Å²) in [6.07, 6.45) is 2.96. The number of aromatic amines is 1. The number of nitrogens with one attached hydrogen (secondary N) is 1. The molecule has 1 unspecified atom stereocenters. The number of aromatic nitrogens is 2. The van der Waals surface area contributed by atoms with E-state index in [1.807, 2.05) is 6.92 Å². The molecule has 2 aromatic carbocycles. The van der Waals surface area contributed by atoms with Crippen LogP contribution in [0.25, 0.3) is 21.6 Å². The van der Waals surface area contributed by atoms with Crippen molar-refractivity contribution in [1.29, 1.82) is 0 Å². The second-order valence-corrected chi connectivity index (χ2v) is 11.0. The lowest BCUT2D eigenvalue weighted by Crippen LogP contribution is -2.13. The number of aryl methyl sites for hydroxylation is 2. The molecule has 5 rings (SSSR count). The molecule has 8 heteroatoms. The maximum absolute atomic E-state index is 12.9. The topological polar surface area (TPSA) is 89.1 Å². The van der Waals surface area contributed by atoms with Crippen LogP contribution < -0.4 is 9.74 Å². The molecule has 0 bridgehead atoms. The predicted molar refractivity (Wildman–Crippen MR) is 126 cm³/mol. The quantitative estimate of drug-likeness (QED) is 0.434. The SMILES string of the molecule is Cc1ccc(S(=O)(=O)Oc2cccc(-c3nc4sc5c(c4c(=O)[nH]3)CCC(C)C5)c2)cc1. The van der Waals surface area contributed by atoms with Gasteiger partial charge in [-0.05, 0) is 61.9 Å². The van der Waals surface area contributed by atoms with Gasteiger partial charge in [-0.2, -0.15) is 8.42 Å². The van der Waals surface area contributed by atoms with E-state index < -0.39 is 10.1 Å². The molecule has 0 spiro atoms. The van der Waals surface area contributed by atoms with Gasteiger partial charge in [0.25, 0.3) is 5.56 Å². The molecule has 0 fully saturated rings. The zero-order chi connectivity index (χ0) is 22.5. The van der Waals surface area contributed by atoms with Gasteiger partial charge >= 0.3 is 10.1 Å². The molecule has 164 valence electrons. The minimum atomic E-state index is -3.97. The minimum absolute atomic E-state index is 0.0832. The van der Waals surface area contributed by atoms with Gasteiger partial charge in [0.15, 0.2) is 0 Å². The molecule has 0 saturated heterocycles. The fourth-order valence-electron chi connectivity index (χ4n) is 4.06. The van der Waals surface area contributed by atoms with E-state index in [4.69, 9.17) is 9.17 Å². The van der Waals surface area contributed by atoms with E-state index in [2.05, 4.69) is 11.9 Å². The number of hydrogen-bond donors (Lipinski definition) is 1. The number of benzene rings is 2. The molecular formula is C24H22N2O4S2. The summed E-state index contributed by atoms with van der Waals surface area (Å²) in [5.74, 6) is 1.16. The second kappa shape index (κ2) is 7.86. The van der Waals surface area contributed by atoms with Crippen LogP contribution >= 0.6 is 11.3 Å². The van der Waals surface area contributed by atoms with Crippen molar-refractivity contribution < 1.29 is 12.6 Å². The third kappa shape index (κ3) is 3.84. The van der Waals surface area contributed by atoms with Gasteiger partial charge in [-0.3, -0.25) is 4.79 Å². The molecule has 1 N–H and O–H groups in total. The lowest BCUT2D eigenvalue weighted by molar-refractivity contribution is 0.486. The number of rotatable bonds is 4. The van der Waals surface area contributed by atoms with Crippen LogP contribution in [-0.4, -0.2) is 18.4 Å². The molecule has 2 aromatic heterocycles. The number of H-pyrrole nitrogens is 1. The van der Waals surface area contributed by atoms with Crippen molar-refractivity contribution in [2.45, 2.75) is 38.0 Å². The molecule has 0 saturated carbocycles. The average Bonchev–Trinajstić information content (AvgIpc) is 3.11. The lowest BCUT2D eigenvalue weighted by Gasteiger charge is -2.17. The zero-order valence-corrected chi connectivity index (χ0v) is 19.3. The molecule has 6 nitrogen and oxygen atoms in total. The molecule has 32 heavy (non-hydrogen) atoms. The fourth-order valence-corrected chi connectivity index (χ4v) is 6.37. The van der Waals surface area contributed by atoms with Crippen LogP contribution in [0.15, 0.2) is 58.2 Å². The van der Waals surface area contributed by atoms with Gasteiger partial charge in [0.05, 0.1) is 5.39 Å². The molecular weight excluding hydrogens is 444 g/mol. The van der Waals surface area contributed by atoms with Crippen LogP contribution in [0.5, 0.6) is 5.75 Å². The summed E-state index contributed by atoms with van der Waals surface area (Å²) in [5, 5.41) is 0.690. The summed E-state index contributed by atoms with van der Waals surface area (Å²) in [6.45, 7) is 4.11. The first kappa shape index (κ1) is 20.9. The van der Waals surface area contributed by atoms with Gasteiger partial charge < -0.3 is 9.17 Å². The number of hydrogen-bond acceptors (Lipinski definition) is 6. The predicted octanol–water partition coefficient (Wildman–Crippen LogP) is 4.85. The number of nitrogens with zero attached hydrogens (tertiary/aromatic N) is 1. The maximum atomic E-state index is 12.9. The zero-order valence-electron chi connectivity index (χ0n) is 17.7. The van der Waals surface area contributed by atoms with E-state index in [0.717, 1.165) is 35.2 Å². The van der Waals surface area contributed by atoms with E-state index in [1.165, 1.54) is 17.0 Å². The maximum Gasteiger partial charge on any atom is 0.339 e. The van der Waals surface area contributed by atoms with Crippen molar-refractivity contribution in [1.82, 2.24) is 9.97 Å². The van der Waals surface area contributed by atoms with Crippen molar-refractivity contribution in [3.8, 4) is 17.1 Å². The molecule has 0 radical (unpaired) electrons. The van der Waals surface area contributed by atoms with Crippen LogP contribution in [0.2, 0.25) is 0 Å². The Bertz CT molecular complexity index is 1480. The monoisotopic (exact) mass is 466 g/mol. The highest BCUT2D eigenvalue weighted by Crippen LogP contribution is 2.36. The van der Waals surface area contributed by atoms with Crippen LogP contribution in [0.1, 0.15) is 29.3 Å². The van der Waals surface area contributed by atoms with E-state index >= 15 is 0 Å². The highest BCUT2D eigenvalue weighted by atomic mass is 32.2. The van der Waals surface area contributed by atoms with Crippen molar-refractivity contribution in [3.05, 3.63) is 74.9 Å². The molecule has 1 aliphatic rings. The fraction of sp³-hybridized carbons (Fsp3) is 0.250. The highest BCUT2D eigenvalue weighted by molar-refractivity contribution is 7.87. The van der Waals surface area contributed by atoms with Crippen molar-refractivity contribution >= 4 is 31.7 Å². The molecule has 0 amide bonds. The Morgan fingerprint density at radius 1 is 1.16 bits per heavy atom. The molecule has 1 atom stereocenters. The Hall–Kier alpha value is -2.97. The van der Waals surface area contributed by atoms with Gasteiger partial charge in [0.2, 0.25) is 0 Å². The van der Waals surface area contributed by atoms with E-state index in [1.54, 1.807) is 47.7 Å². The summed E-state index contributed by atoms with van der Waals surface area (Å²) in [5.41, 5.74) is 2.52. The standard InChI is InChI=1S/C24H22N2O4S2/c1-14-6-9-18(10-7-14)32(28,29)30-17-5-3-4-16(13-17)22-25-23(27)21-19-11-8-15(2)12-20(19)31-24(21)26-22/h3-7,9-10,13,15H,8,11-12H2,1-2H3,(H,25,26,27). The van der Waals surface area contributed by atoms with E-state index in [9.17, 15) is 13.2 Å². The van der Waals surface area contributed by atoms with Crippen molar-refractivity contribution in [2.75, 3.05) is 0 Å². The Kier molecular flexibility index (Phi) is 5.14. The first-order valence-corrected chi connectivity index (χ1v) is 12.7. The summed E-state index contributed by atoms with van der Waals surface area (Å²) in [7, 11) is -3.97. The third-order valence-electron chi connectivity index (χ3n) is 5.79. The molecule has 0 aliphatic heterocycles. The summed E-state index contributed by atoms with van der Waals surface area (Å²) >= 11 is 1.58. The highest BCUT2D eigenvalue weighted by Gasteiger charge is 2.23. The first-order chi connectivity index (χ1) is 15.3. The average molecular weight is 467 g/mol. The van der Waals surface area contributed by atoms with Crippen LogP contribution in [0.4, 0.5) is 0 Å². The molecule has 4 aromatic rings. The van der Waals surface area contributed by atoms with E-state index in [0.29, 0.717) is 22.7 Å². The summed E-state index contributed by atoms with van der Waals surface area (Å²) in [6, 6.07) is 13.1. The Morgan fingerprint density at radius 3 is 2.72 bits per heavy atom. The second-order valence-electron chi connectivity index (χ2n) is 8.32. The lowest BCUT2D eigenvalue weighted by atomic mass is 9.89. The number of fused-ring (bicyclic) bond motifs is 3. The smallest absolute Gasteiger partial charge is 0.339 e. The van der Waals surface area contributed by atoms with E-state index in [-0.39, 0.29) is 16.2 Å². The van der Waals surface area contributed by atoms with Crippen molar-refractivity contribution in [3.63, 3.8) is 0 Å².